The lowest BCUT2D eigenvalue weighted by atomic mass is 10.1. The molecule has 0 aliphatic carbocycles. The van der Waals surface area contributed by atoms with Crippen molar-refractivity contribution in [3.8, 4) is 5.75 Å². The van der Waals surface area contributed by atoms with Crippen molar-refractivity contribution >= 4 is 5.78 Å². The summed E-state index contributed by atoms with van der Waals surface area (Å²) >= 11 is 0. The third-order valence-electron chi connectivity index (χ3n) is 2.09. The van der Waals surface area contributed by atoms with E-state index in [4.69, 9.17) is 0 Å². The van der Waals surface area contributed by atoms with Gasteiger partial charge >= 0.3 is 5.92 Å². The Kier molecular flexibility index (Phi) is 1.79. The van der Waals surface area contributed by atoms with Crippen LogP contribution in [0, 0.1) is 0 Å². The molecule has 0 radical (unpaired) electrons. The number of ketones is 1. The van der Waals surface area contributed by atoms with Crippen LogP contribution in [-0.4, -0.2) is 28.0 Å². The van der Waals surface area contributed by atoms with E-state index in [2.05, 4.69) is 5.43 Å². The molecule has 2 heterocycles. The van der Waals surface area contributed by atoms with Crippen LogP contribution in [0.3, 0.4) is 0 Å². The molecule has 2 N–H and O–H groups in total. The minimum absolute atomic E-state index is 0.709. The van der Waals surface area contributed by atoms with E-state index in [1.807, 2.05) is 0 Å². The smallest absolute Gasteiger partial charge is 0.329 e. The Hall–Kier alpha value is -1.92. The van der Waals surface area contributed by atoms with E-state index in [1.165, 1.54) is 0 Å². The SMILES string of the molecule is O=C1c2c(O)c(=O)ccn2NCC1(F)F. The number of rotatable bonds is 0. The number of nitrogens with one attached hydrogen (secondary N) is 1. The topological polar surface area (TPSA) is 71.3 Å². The molecule has 5 nitrogen and oxygen atoms in total. The number of carbonyl (C=O) groups is 1. The van der Waals surface area contributed by atoms with Crippen molar-refractivity contribution in [2.24, 2.45) is 0 Å². The molecule has 7 heteroatoms. The average molecular weight is 216 g/mol. The van der Waals surface area contributed by atoms with E-state index in [1.54, 1.807) is 0 Å². The molecule has 80 valence electrons. The zero-order valence-electron chi connectivity index (χ0n) is 7.33. The van der Waals surface area contributed by atoms with Crippen LogP contribution in [0.25, 0.3) is 0 Å². The van der Waals surface area contributed by atoms with Gasteiger partial charge in [0.15, 0.2) is 11.4 Å². The standard InChI is InChI=1S/C8H6F2N2O3/c9-8(10)3-11-12-2-1-4(13)6(14)5(12)7(8)15/h1-2,11,14H,3H2. The summed E-state index contributed by atoms with van der Waals surface area (Å²) in [7, 11) is 0. The predicted octanol–water partition coefficient (Wildman–Crippen LogP) is -0.0710. The summed E-state index contributed by atoms with van der Waals surface area (Å²) < 4.78 is 26.8. The number of nitrogens with zero attached hydrogens (tertiary/aromatic N) is 1. The number of alkyl halides is 2. The molecule has 1 aliphatic heterocycles. The van der Waals surface area contributed by atoms with Crippen molar-refractivity contribution in [1.29, 1.82) is 0 Å². The van der Waals surface area contributed by atoms with Gasteiger partial charge in [0.25, 0.3) is 5.78 Å². The fourth-order valence-electron chi connectivity index (χ4n) is 1.31. The summed E-state index contributed by atoms with van der Waals surface area (Å²) in [4.78, 5) is 22.2. The number of pyridine rings is 1. The first-order chi connectivity index (χ1) is 6.93. The summed E-state index contributed by atoms with van der Waals surface area (Å²) in [6.45, 7) is -0.860. The number of aromatic hydroxyl groups is 1. The molecule has 0 aromatic carbocycles. The van der Waals surface area contributed by atoms with Gasteiger partial charge in [0, 0.05) is 12.3 Å². The monoisotopic (exact) mass is 216 g/mol. The van der Waals surface area contributed by atoms with Crippen LogP contribution in [0.1, 0.15) is 10.5 Å². The van der Waals surface area contributed by atoms with Gasteiger partial charge in [-0.3, -0.25) is 14.3 Å². The summed E-state index contributed by atoms with van der Waals surface area (Å²) in [5, 5.41) is 9.22. The third kappa shape index (κ3) is 1.27. The Morgan fingerprint density at radius 2 is 2.13 bits per heavy atom. The number of hydrogen-bond acceptors (Lipinski definition) is 4. The van der Waals surface area contributed by atoms with Crippen LogP contribution < -0.4 is 10.9 Å². The van der Waals surface area contributed by atoms with Gasteiger partial charge in [-0.2, -0.15) is 8.78 Å². The molecule has 1 aromatic rings. The molecule has 0 saturated carbocycles. The van der Waals surface area contributed by atoms with Crippen molar-refractivity contribution in [3.63, 3.8) is 0 Å². The molecular formula is C8H6F2N2O3. The number of aromatic nitrogens is 1. The van der Waals surface area contributed by atoms with Crippen molar-refractivity contribution in [3.05, 3.63) is 28.2 Å². The van der Waals surface area contributed by atoms with Crippen LogP contribution in [0.15, 0.2) is 17.1 Å². The molecule has 15 heavy (non-hydrogen) atoms. The molecule has 0 bridgehead atoms. The average Bonchev–Trinajstić information content (AvgIpc) is 2.17. The van der Waals surface area contributed by atoms with Gasteiger partial charge < -0.3 is 10.5 Å². The minimum Gasteiger partial charge on any atom is -0.503 e. The van der Waals surface area contributed by atoms with Gasteiger partial charge in [0.05, 0.1) is 0 Å². The largest absolute Gasteiger partial charge is 0.503 e. The zero-order valence-corrected chi connectivity index (χ0v) is 7.33. The van der Waals surface area contributed by atoms with E-state index >= 15 is 0 Å². The number of halogens is 2. The molecule has 0 saturated heterocycles. The van der Waals surface area contributed by atoms with Gasteiger partial charge in [-0.25, -0.2) is 0 Å². The molecular weight excluding hydrogens is 210 g/mol. The van der Waals surface area contributed by atoms with E-state index in [-0.39, 0.29) is 0 Å². The molecule has 0 unspecified atom stereocenters. The number of fused-ring (bicyclic) bond motifs is 1. The Balaban J connectivity index is 2.70. The van der Waals surface area contributed by atoms with E-state index in [0.29, 0.717) is 0 Å². The van der Waals surface area contributed by atoms with Gasteiger partial charge in [-0.05, 0) is 0 Å². The number of Topliss-reactive ketones (excluding diaryl/α,β-unsaturated/α-hetero) is 1. The normalized spacial score (nSPS) is 18.1. The van der Waals surface area contributed by atoms with Crippen molar-refractivity contribution < 1.29 is 18.7 Å². The maximum atomic E-state index is 12.9. The highest BCUT2D eigenvalue weighted by molar-refractivity contribution is 6.03. The fourth-order valence-corrected chi connectivity index (χ4v) is 1.31. The van der Waals surface area contributed by atoms with Crippen molar-refractivity contribution in [1.82, 2.24) is 4.68 Å². The molecule has 1 aliphatic rings. The summed E-state index contributed by atoms with van der Waals surface area (Å²) in [5.41, 5.74) is 0.622. The van der Waals surface area contributed by atoms with E-state index in [9.17, 15) is 23.5 Å². The zero-order chi connectivity index (χ0) is 11.2. The third-order valence-corrected chi connectivity index (χ3v) is 2.09. The molecule has 0 spiro atoms. The molecule has 2 rings (SSSR count). The van der Waals surface area contributed by atoms with Crippen molar-refractivity contribution in [2.75, 3.05) is 12.0 Å². The quantitative estimate of drug-likeness (QED) is 0.636. The summed E-state index contributed by atoms with van der Waals surface area (Å²) in [5.74, 6) is -6.13. The highest BCUT2D eigenvalue weighted by Gasteiger charge is 2.45. The van der Waals surface area contributed by atoms with Crippen LogP contribution in [0.5, 0.6) is 5.75 Å². The number of carbonyl (C=O) groups excluding carboxylic acids is 1. The fraction of sp³-hybridized carbons (Fsp3) is 0.250. The van der Waals surface area contributed by atoms with Gasteiger partial charge in [0.2, 0.25) is 5.43 Å². The van der Waals surface area contributed by atoms with Gasteiger partial charge in [-0.1, -0.05) is 0 Å². The second-order valence-corrected chi connectivity index (χ2v) is 3.12. The van der Waals surface area contributed by atoms with Crippen LogP contribution in [0.4, 0.5) is 8.78 Å². The highest BCUT2D eigenvalue weighted by Crippen LogP contribution is 2.26. The molecule has 0 atom stereocenters. The van der Waals surface area contributed by atoms with Crippen molar-refractivity contribution in [2.45, 2.75) is 5.92 Å². The van der Waals surface area contributed by atoms with E-state index < -0.39 is 35.1 Å². The van der Waals surface area contributed by atoms with Gasteiger partial charge in [-0.15, -0.1) is 0 Å². The highest BCUT2D eigenvalue weighted by atomic mass is 19.3. The van der Waals surface area contributed by atoms with Crippen LogP contribution >= 0.6 is 0 Å². The lowest BCUT2D eigenvalue weighted by Crippen LogP contribution is -2.47. The van der Waals surface area contributed by atoms with Crippen LogP contribution in [-0.2, 0) is 0 Å². The van der Waals surface area contributed by atoms with Gasteiger partial charge in [0.1, 0.15) is 6.54 Å². The van der Waals surface area contributed by atoms with E-state index in [0.717, 1.165) is 16.9 Å². The lowest BCUT2D eigenvalue weighted by Gasteiger charge is -2.26. The number of hydrogen-bond donors (Lipinski definition) is 2. The summed E-state index contributed by atoms with van der Waals surface area (Å²) in [6.07, 6.45) is 1.12. The Labute approximate surface area is 81.9 Å². The maximum Gasteiger partial charge on any atom is 0.329 e. The molecule has 0 amide bonds. The minimum atomic E-state index is -3.61. The lowest BCUT2D eigenvalue weighted by molar-refractivity contribution is 0.0118. The Morgan fingerprint density at radius 3 is 2.80 bits per heavy atom. The predicted molar refractivity (Wildman–Crippen MR) is 45.9 cm³/mol. The molecule has 1 aromatic heterocycles. The Morgan fingerprint density at radius 1 is 1.47 bits per heavy atom. The first-order valence-electron chi connectivity index (χ1n) is 4.04. The Bertz CT molecular complexity index is 495. The second kappa shape index (κ2) is 2.78. The second-order valence-electron chi connectivity index (χ2n) is 3.12. The molecule has 0 fully saturated rings. The first kappa shape index (κ1) is 9.63. The van der Waals surface area contributed by atoms with Crippen LogP contribution in [0.2, 0.25) is 0 Å². The summed E-state index contributed by atoms with van der Waals surface area (Å²) in [6, 6.07) is 0.975. The first-order valence-corrected chi connectivity index (χ1v) is 4.04. The maximum absolute atomic E-state index is 12.9.